The first-order valence-electron chi connectivity index (χ1n) is 11.2. The summed E-state index contributed by atoms with van der Waals surface area (Å²) in [6.45, 7) is 1.15. The van der Waals surface area contributed by atoms with Crippen LogP contribution in [-0.4, -0.2) is 47.6 Å². The third-order valence-electron chi connectivity index (χ3n) is 5.84. The van der Waals surface area contributed by atoms with Crippen LogP contribution in [-0.2, 0) is 21.3 Å². The number of nitrogens with one attached hydrogen (secondary N) is 1. The number of benzene rings is 2. The average Bonchev–Trinajstić information content (AvgIpc) is 3.52. The number of carbonyl (C=O) groups is 1. The number of hydrogen-bond acceptors (Lipinski definition) is 5. The minimum absolute atomic E-state index is 0.0243. The molecule has 180 valence electrons. The maximum atomic E-state index is 13.6. The molecule has 0 bridgehead atoms. The van der Waals surface area contributed by atoms with Crippen LogP contribution < -0.4 is 5.32 Å². The summed E-state index contributed by atoms with van der Waals surface area (Å²) in [5, 5.41) is 3.19. The lowest BCUT2D eigenvalue weighted by atomic mass is 10.1. The summed E-state index contributed by atoms with van der Waals surface area (Å²) in [4.78, 5) is 16.4. The van der Waals surface area contributed by atoms with Gasteiger partial charge < -0.3 is 14.6 Å². The highest BCUT2D eigenvalue weighted by molar-refractivity contribution is 7.89. The van der Waals surface area contributed by atoms with E-state index >= 15 is 0 Å². The van der Waals surface area contributed by atoms with Gasteiger partial charge in [-0.15, -0.1) is 0 Å². The second kappa shape index (κ2) is 11.0. The van der Waals surface area contributed by atoms with Crippen LogP contribution in [0.4, 0.5) is 4.79 Å². The molecular formula is C24H27ClN4O4S. The number of rotatable bonds is 9. The standard InChI is InChI=1S/C24H27ClN4O4S/c25-20-7-10-22(11-8-20)34(31,32)29-21(9-12-23(29)19-5-2-1-3-6-19)17-33-24(30)27-13-4-15-28-16-14-26-18-28/h1-3,5-8,10-11,14,16,18,21,23H,4,9,12-13,15,17H2,(H,27,30)/t21-,23?/m1/s1. The molecule has 1 aliphatic heterocycles. The van der Waals surface area contributed by atoms with E-state index < -0.39 is 22.2 Å². The van der Waals surface area contributed by atoms with Gasteiger partial charge in [-0.05, 0) is 49.1 Å². The third kappa shape index (κ3) is 5.78. The summed E-state index contributed by atoms with van der Waals surface area (Å²) in [7, 11) is -3.84. The van der Waals surface area contributed by atoms with Gasteiger partial charge in [0.15, 0.2) is 0 Å². The molecule has 1 amide bonds. The average molecular weight is 503 g/mol. The number of imidazole rings is 1. The number of halogens is 1. The van der Waals surface area contributed by atoms with Crippen LogP contribution in [0.25, 0.3) is 0 Å². The molecule has 0 spiro atoms. The van der Waals surface area contributed by atoms with Crippen LogP contribution in [0.15, 0.2) is 78.2 Å². The van der Waals surface area contributed by atoms with Gasteiger partial charge >= 0.3 is 6.09 Å². The fourth-order valence-corrected chi connectivity index (χ4v) is 6.16. The monoisotopic (exact) mass is 502 g/mol. The molecule has 2 atom stereocenters. The van der Waals surface area contributed by atoms with Crippen LogP contribution in [0, 0.1) is 0 Å². The Hall–Kier alpha value is -2.88. The van der Waals surface area contributed by atoms with Crippen molar-refractivity contribution in [2.45, 2.75) is 42.8 Å². The van der Waals surface area contributed by atoms with Crippen molar-refractivity contribution >= 4 is 27.7 Å². The predicted molar refractivity (Wildman–Crippen MR) is 129 cm³/mol. The van der Waals surface area contributed by atoms with E-state index in [1.54, 1.807) is 24.7 Å². The Labute approximate surface area is 204 Å². The highest BCUT2D eigenvalue weighted by Crippen LogP contribution is 2.40. The zero-order valence-corrected chi connectivity index (χ0v) is 20.2. The van der Waals surface area contributed by atoms with Gasteiger partial charge in [0, 0.05) is 30.5 Å². The Bertz CT molecular complexity index is 1170. The molecule has 0 radical (unpaired) electrons. The van der Waals surface area contributed by atoms with E-state index in [0.29, 0.717) is 24.4 Å². The number of aryl methyl sites for hydroxylation is 1. The fraction of sp³-hybridized carbons (Fsp3) is 0.333. The number of ether oxygens (including phenoxy) is 1. The van der Waals surface area contributed by atoms with Crippen LogP contribution >= 0.6 is 11.6 Å². The van der Waals surface area contributed by atoms with Crippen LogP contribution in [0.3, 0.4) is 0 Å². The van der Waals surface area contributed by atoms with Crippen LogP contribution in [0.1, 0.15) is 30.9 Å². The van der Waals surface area contributed by atoms with Crippen LogP contribution in [0.2, 0.25) is 5.02 Å². The SMILES string of the molecule is O=C(NCCCn1ccnc1)OC[C@H]1CCC(c2ccccc2)N1S(=O)(=O)c1ccc(Cl)cc1. The Morgan fingerprint density at radius 1 is 1.12 bits per heavy atom. The number of carbonyl (C=O) groups excluding carboxylic acids is 1. The minimum atomic E-state index is -3.84. The van der Waals surface area contributed by atoms with Gasteiger partial charge in [-0.2, -0.15) is 4.31 Å². The van der Waals surface area contributed by atoms with Gasteiger partial charge in [0.2, 0.25) is 10.0 Å². The Balaban J connectivity index is 1.42. The summed E-state index contributed by atoms with van der Waals surface area (Å²) in [6, 6.07) is 14.8. The molecule has 0 aliphatic carbocycles. The summed E-state index contributed by atoms with van der Waals surface area (Å²) >= 11 is 5.96. The first kappa shape index (κ1) is 24.3. The molecule has 10 heteroatoms. The van der Waals surface area contributed by atoms with E-state index in [0.717, 1.165) is 18.5 Å². The highest BCUT2D eigenvalue weighted by Gasteiger charge is 2.43. The number of amides is 1. The summed E-state index contributed by atoms with van der Waals surface area (Å²) in [5.41, 5.74) is 0.909. The van der Waals surface area contributed by atoms with Gasteiger partial charge in [-0.25, -0.2) is 18.2 Å². The predicted octanol–water partition coefficient (Wildman–Crippen LogP) is 4.25. The Morgan fingerprint density at radius 2 is 1.88 bits per heavy atom. The van der Waals surface area contributed by atoms with E-state index in [1.807, 2.05) is 41.1 Å². The van der Waals surface area contributed by atoms with Crippen molar-refractivity contribution in [3.05, 3.63) is 83.9 Å². The maximum Gasteiger partial charge on any atom is 0.407 e. The van der Waals surface area contributed by atoms with Crippen molar-refractivity contribution in [2.24, 2.45) is 0 Å². The number of alkyl carbamates (subject to hydrolysis) is 1. The van der Waals surface area contributed by atoms with E-state index in [9.17, 15) is 13.2 Å². The van der Waals surface area contributed by atoms with E-state index in [-0.39, 0.29) is 17.5 Å². The van der Waals surface area contributed by atoms with Crippen molar-refractivity contribution in [3.8, 4) is 0 Å². The third-order valence-corrected chi connectivity index (χ3v) is 8.07. The summed E-state index contributed by atoms with van der Waals surface area (Å²) in [5.74, 6) is 0. The Morgan fingerprint density at radius 3 is 2.59 bits per heavy atom. The minimum Gasteiger partial charge on any atom is -0.448 e. The van der Waals surface area contributed by atoms with E-state index in [4.69, 9.17) is 16.3 Å². The van der Waals surface area contributed by atoms with Crippen molar-refractivity contribution in [1.29, 1.82) is 0 Å². The summed E-state index contributed by atoms with van der Waals surface area (Å²) < 4.78 is 36.1. The lowest BCUT2D eigenvalue weighted by molar-refractivity contribution is 0.121. The number of nitrogens with zero attached hydrogens (tertiary/aromatic N) is 3. The van der Waals surface area contributed by atoms with Gasteiger partial charge in [-0.1, -0.05) is 41.9 Å². The summed E-state index contributed by atoms with van der Waals surface area (Å²) in [6.07, 6.45) is 6.67. The van der Waals surface area contributed by atoms with Gasteiger partial charge in [0.1, 0.15) is 6.61 Å². The lowest BCUT2D eigenvalue weighted by Gasteiger charge is -2.29. The molecule has 8 nitrogen and oxygen atoms in total. The molecule has 3 aromatic rings. The first-order chi connectivity index (χ1) is 16.4. The molecule has 1 aromatic heterocycles. The largest absolute Gasteiger partial charge is 0.448 e. The second-order valence-electron chi connectivity index (χ2n) is 8.13. The van der Waals surface area contributed by atoms with Gasteiger partial charge in [-0.3, -0.25) is 0 Å². The first-order valence-corrected chi connectivity index (χ1v) is 13.0. The molecule has 1 N–H and O–H groups in total. The van der Waals surface area contributed by atoms with Crippen molar-refractivity contribution < 1.29 is 17.9 Å². The smallest absolute Gasteiger partial charge is 0.407 e. The topological polar surface area (TPSA) is 93.5 Å². The normalized spacial score (nSPS) is 18.6. The van der Waals surface area contributed by atoms with E-state index in [1.165, 1.54) is 16.4 Å². The number of aromatic nitrogens is 2. The molecule has 1 aliphatic rings. The van der Waals surface area contributed by atoms with Gasteiger partial charge in [0.25, 0.3) is 0 Å². The lowest BCUT2D eigenvalue weighted by Crippen LogP contribution is -2.41. The van der Waals surface area contributed by atoms with Crippen molar-refractivity contribution in [1.82, 2.24) is 19.2 Å². The van der Waals surface area contributed by atoms with Gasteiger partial charge in [0.05, 0.1) is 23.3 Å². The molecule has 1 unspecified atom stereocenters. The molecular weight excluding hydrogens is 476 g/mol. The zero-order valence-electron chi connectivity index (χ0n) is 18.6. The fourth-order valence-electron chi connectivity index (χ4n) is 4.19. The highest BCUT2D eigenvalue weighted by atomic mass is 35.5. The zero-order chi connectivity index (χ0) is 24.0. The Kier molecular flexibility index (Phi) is 7.87. The van der Waals surface area contributed by atoms with E-state index in [2.05, 4.69) is 10.3 Å². The second-order valence-corrected chi connectivity index (χ2v) is 10.4. The van der Waals surface area contributed by atoms with Crippen molar-refractivity contribution in [3.63, 3.8) is 0 Å². The van der Waals surface area contributed by atoms with Crippen molar-refractivity contribution in [2.75, 3.05) is 13.2 Å². The van der Waals surface area contributed by atoms with Crippen LogP contribution in [0.5, 0.6) is 0 Å². The molecule has 1 saturated heterocycles. The molecule has 1 fully saturated rings. The number of sulfonamides is 1. The molecule has 4 rings (SSSR count). The molecule has 34 heavy (non-hydrogen) atoms. The molecule has 2 aromatic carbocycles. The maximum absolute atomic E-state index is 13.6. The quantitative estimate of drug-likeness (QED) is 0.441. The number of hydrogen-bond donors (Lipinski definition) is 1. The molecule has 0 saturated carbocycles. The molecule has 2 heterocycles.